The molecular formula is C10H10BrNO2. The fraction of sp³-hybridized carbons (Fsp3) is 0.300. The standard InChI is InChI=1S/C10H10BrNO2/c1-13-9-5-7(4-8(11)6-9)10-12-2-3-14-10/h4-6H,2-3H2,1H3. The molecule has 0 amide bonds. The van der Waals surface area contributed by atoms with Crippen molar-refractivity contribution in [3.05, 3.63) is 28.2 Å². The van der Waals surface area contributed by atoms with Crippen LogP contribution in [0, 0.1) is 0 Å². The normalized spacial score (nSPS) is 14.9. The highest BCUT2D eigenvalue weighted by molar-refractivity contribution is 9.10. The van der Waals surface area contributed by atoms with Crippen LogP contribution in [0.4, 0.5) is 0 Å². The van der Waals surface area contributed by atoms with Crippen molar-refractivity contribution >= 4 is 21.8 Å². The lowest BCUT2D eigenvalue weighted by Gasteiger charge is -2.05. The molecular weight excluding hydrogens is 246 g/mol. The second-order valence-corrected chi connectivity index (χ2v) is 3.83. The predicted octanol–water partition coefficient (Wildman–Crippen LogP) is 2.23. The summed E-state index contributed by atoms with van der Waals surface area (Å²) in [7, 11) is 1.64. The van der Waals surface area contributed by atoms with Gasteiger partial charge in [-0.2, -0.15) is 0 Å². The number of rotatable bonds is 2. The lowest BCUT2D eigenvalue weighted by atomic mass is 10.2. The third-order valence-corrected chi connectivity index (χ3v) is 2.40. The summed E-state index contributed by atoms with van der Waals surface area (Å²) in [4.78, 5) is 4.24. The molecule has 0 unspecified atom stereocenters. The molecule has 0 saturated heterocycles. The highest BCUT2D eigenvalue weighted by atomic mass is 79.9. The molecule has 1 aromatic carbocycles. The van der Waals surface area contributed by atoms with E-state index in [4.69, 9.17) is 9.47 Å². The first kappa shape index (κ1) is 9.52. The Kier molecular flexibility index (Phi) is 2.72. The molecule has 74 valence electrons. The highest BCUT2D eigenvalue weighted by Gasteiger charge is 2.11. The number of hydrogen-bond acceptors (Lipinski definition) is 3. The van der Waals surface area contributed by atoms with Crippen LogP contribution in [-0.2, 0) is 4.74 Å². The largest absolute Gasteiger partial charge is 0.497 e. The Morgan fingerprint density at radius 1 is 1.43 bits per heavy atom. The van der Waals surface area contributed by atoms with Crippen LogP contribution in [0.3, 0.4) is 0 Å². The first-order chi connectivity index (χ1) is 6.79. The molecule has 1 aliphatic heterocycles. The van der Waals surface area contributed by atoms with Crippen LogP contribution < -0.4 is 4.74 Å². The van der Waals surface area contributed by atoms with Crippen molar-refractivity contribution < 1.29 is 9.47 Å². The minimum Gasteiger partial charge on any atom is -0.497 e. The molecule has 0 N–H and O–H groups in total. The Morgan fingerprint density at radius 3 is 2.93 bits per heavy atom. The molecule has 0 spiro atoms. The average molecular weight is 256 g/mol. The summed E-state index contributed by atoms with van der Waals surface area (Å²) in [5.74, 6) is 1.50. The second kappa shape index (κ2) is 4.00. The molecule has 0 aromatic heterocycles. The van der Waals surface area contributed by atoms with Crippen LogP contribution in [0.15, 0.2) is 27.7 Å². The topological polar surface area (TPSA) is 30.8 Å². The SMILES string of the molecule is COc1cc(Br)cc(C2=NCCO2)c1. The second-order valence-electron chi connectivity index (χ2n) is 2.92. The average Bonchev–Trinajstić information content (AvgIpc) is 2.69. The van der Waals surface area contributed by atoms with E-state index in [0.717, 1.165) is 22.3 Å². The zero-order valence-electron chi connectivity index (χ0n) is 7.79. The van der Waals surface area contributed by atoms with Gasteiger partial charge in [-0.1, -0.05) is 15.9 Å². The number of nitrogens with zero attached hydrogens (tertiary/aromatic N) is 1. The fourth-order valence-corrected chi connectivity index (χ4v) is 1.79. The van der Waals surface area contributed by atoms with Crippen molar-refractivity contribution in [3.63, 3.8) is 0 Å². The van der Waals surface area contributed by atoms with Gasteiger partial charge in [0.25, 0.3) is 0 Å². The Morgan fingerprint density at radius 2 is 2.29 bits per heavy atom. The lowest BCUT2D eigenvalue weighted by molar-refractivity contribution is 0.348. The van der Waals surface area contributed by atoms with E-state index in [-0.39, 0.29) is 0 Å². The molecule has 0 bridgehead atoms. The van der Waals surface area contributed by atoms with Gasteiger partial charge in [-0.05, 0) is 18.2 Å². The van der Waals surface area contributed by atoms with E-state index in [2.05, 4.69) is 20.9 Å². The molecule has 1 aromatic rings. The Hall–Kier alpha value is -1.03. The van der Waals surface area contributed by atoms with Gasteiger partial charge in [-0.25, -0.2) is 4.99 Å². The van der Waals surface area contributed by atoms with E-state index in [1.165, 1.54) is 0 Å². The van der Waals surface area contributed by atoms with Crippen molar-refractivity contribution in [1.29, 1.82) is 0 Å². The van der Waals surface area contributed by atoms with E-state index < -0.39 is 0 Å². The number of aliphatic imine (C=N–C) groups is 1. The van der Waals surface area contributed by atoms with Gasteiger partial charge in [0.15, 0.2) is 0 Å². The van der Waals surface area contributed by atoms with Crippen LogP contribution in [0.1, 0.15) is 5.56 Å². The maximum Gasteiger partial charge on any atom is 0.216 e. The van der Waals surface area contributed by atoms with Gasteiger partial charge in [-0.3, -0.25) is 0 Å². The number of ether oxygens (including phenoxy) is 2. The molecule has 1 heterocycles. The molecule has 2 rings (SSSR count). The fourth-order valence-electron chi connectivity index (χ4n) is 1.31. The van der Waals surface area contributed by atoms with Crippen molar-refractivity contribution in [2.75, 3.05) is 20.3 Å². The van der Waals surface area contributed by atoms with E-state index in [9.17, 15) is 0 Å². The van der Waals surface area contributed by atoms with Crippen molar-refractivity contribution in [3.8, 4) is 5.75 Å². The van der Waals surface area contributed by atoms with Gasteiger partial charge in [-0.15, -0.1) is 0 Å². The molecule has 4 heteroatoms. The summed E-state index contributed by atoms with van der Waals surface area (Å²) >= 11 is 3.41. The zero-order chi connectivity index (χ0) is 9.97. The van der Waals surface area contributed by atoms with Gasteiger partial charge < -0.3 is 9.47 Å². The van der Waals surface area contributed by atoms with Crippen LogP contribution in [0.2, 0.25) is 0 Å². The van der Waals surface area contributed by atoms with E-state index in [0.29, 0.717) is 12.5 Å². The molecule has 1 aliphatic rings. The Labute approximate surface area is 90.9 Å². The van der Waals surface area contributed by atoms with Crippen LogP contribution in [0.5, 0.6) is 5.75 Å². The highest BCUT2D eigenvalue weighted by Crippen LogP contribution is 2.22. The maximum absolute atomic E-state index is 5.37. The van der Waals surface area contributed by atoms with Gasteiger partial charge in [0.2, 0.25) is 5.90 Å². The quantitative estimate of drug-likeness (QED) is 0.812. The summed E-state index contributed by atoms with van der Waals surface area (Å²) in [5, 5.41) is 0. The van der Waals surface area contributed by atoms with Gasteiger partial charge in [0.1, 0.15) is 12.4 Å². The lowest BCUT2D eigenvalue weighted by Crippen LogP contribution is -2.01. The maximum atomic E-state index is 5.37. The zero-order valence-corrected chi connectivity index (χ0v) is 9.37. The van der Waals surface area contributed by atoms with E-state index in [1.54, 1.807) is 7.11 Å². The molecule has 0 radical (unpaired) electrons. The predicted molar refractivity (Wildman–Crippen MR) is 58.1 cm³/mol. The van der Waals surface area contributed by atoms with Crippen molar-refractivity contribution in [2.24, 2.45) is 4.99 Å². The first-order valence-electron chi connectivity index (χ1n) is 4.32. The first-order valence-corrected chi connectivity index (χ1v) is 5.11. The number of methoxy groups -OCH3 is 1. The minimum absolute atomic E-state index is 0.671. The van der Waals surface area contributed by atoms with Crippen LogP contribution in [0.25, 0.3) is 0 Å². The van der Waals surface area contributed by atoms with E-state index in [1.807, 2.05) is 18.2 Å². The minimum atomic E-state index is 0.671. The molecule has 0 aliphatic carbocycles. The molecule has 0 atom stereocenters. The molecule has 14 heavy (non-hydrogen) atoms. The van der Waals surface area contributed by atoms with Crippen molar-refractivity contribution in [1.82, 2.24) is 0 Å². The van der Waals surface area contributed by atoms with Crippen LogP contribution >= 0.6 is 15.9 Å². The monoisotopic (exact) mass is 255 g/mol. The third-order valence-electron chi connectivity index (χ3n) is 1.94. The van der Waals surface area contributed by atoms with Gasteiger partial charge >= 0.3 is 0 Å². The summed E-state index contributed by atoms with van der Waals surface area (Å²) in [5.41, 5.74) is 0.953. The van der Waals surface area contributed by atoms with Crippen molar-refractivity contribution in [2.45, 2.75) is 0 Å². The van der Waals surface area contributed by atoms with Gasteiger partial charge in [0.05, 0.1) is 13.7 Å². The number of hydrogen-bond donors (Lipinski definition) is 0. The van der Waals surface area contributed by atoms with E-state index >= 15 is 0 Å². The third kappa shape index (κ3) is 1.90. The van der Waals surface area contributed by atoms with Gasteiger partial charge in [0, 0.05) is 10.0 Å². The Bertz CT molecular complexity index is 376. The number of halogens is 1. The molecule has 3 nitrogen and oxygen atoms in total. The van der Waals surface area contributed by atoms with Crippen LogP contribution in [-0.4, -0.2) is 26.2 Å². The summed E-state index contributed by atoms with van der Waals surface area (Å²) < 4.78 is 11.5. The summed E-state index contributed by atoms with van der Waals surface area (Å²) in [6.45, 7) is 1.41. The summed E-state index contributed by atoms with van der Waals surface area (Å²) in [6, 6.07) is 5.78. The summed E-state index contributed by atoms with van der Waals surface area (Å²) in [6.07, 6.45) is 0. The smallest absolute Gasteiger partial charge is 0.216 e. The molecule has 0 fully saturated rings. The molecule has 0 saturated carbocycles. The number of benzene rings is 1. The Balaban J connectivity index is 2.37.